The first-order valence-electron chi connectivity index (χ1n) is 8.64. The second-order valence-electron chi connectivity index (χ2n) is 6.23. The number of aromatic amines is 1. The number of nitrogens with one attached hydrogen (secondary N) is 1. The minimum absolute atomic E-state index is 0.0140. The number of nitrogens with zero attached hydrogens (tertiary/aromatic N) is 2. The molecule has 3 N–H and O–H groups in total. The number of carbonyl (C=O) groups excluding carboxylic acids is 1. The molecule has 0 unspecified atom stereocenters. The van der Waals surface area contributed by atoms with Crippen LogP contribution in [0.1, 0.15) is 34.8 Å². The van der Waals surface area contributed by atoms with Crippen LogP contribution in [-0.2, 0) is 9.59 Å². The number of carboxylic acid groups (broad SMARTS) is 2. The number of hydrogen-bond donors (Lipinski definition) is 3. The molecule has 1 amide bonds. The van der Waals surface area contributed by atoms with Crippen molar-refractivity contribution in [2.75, 3.05) is 13.1 Å². The molecular weight excluding hydrogens is 421 g/mol. The molecule has 0 atom stereocenters. The number of carbonyl (C=O) groups is 3. The summed E-state index contributed by atoms with van der Waals surface area (Å²) in [5.41, 5.74) is 1.62. The van der Waals surface area contributed by atoms with Crippen LogP contribution in [-0.4, -0.2) is 56.0 Å². The second kappa shape index (κ2) is 10.6. The van der Waals surface area contributed by atoms with E-state index in [0.717, 1.165) is 31.6 Å². The summed E-state index contributed by atoms with van der Waals surface area (Å²) in [7, 11) is 0. The number of imidazole rings is 1. The predicted octanol–water partition coefficient (Wildman–Crippen LogP) is 3.45. The zero-order valence-electron chi connectivity index (χ0n) is 15.2. The van der Waals surface area contributed by atoms with Crippen LogP contribution < -0.4 is 0 Å². The number of carboxylic acids is 2. The maximum Gasteiger partial charge on any atom is 0.328 e. The van der Waals surface area contributed by atoms with E-state index in [4.69, 9.17) is 33.4 Å². The van der Waals surface area contributed by atoms with Crippen molar-refractivity contribution in [2.45, 2.75) is 18.8 Å². The lowest BCUT2D eigenvalue weighted by Gasteiger charge is -2.31. The summed E-state index contributed by atoms with van der Waals surface area (Å²) < 4.78 is 0. The van der Waals surface area contributed by atoms with Crippen LogP contribution in [0.2, 0.25) is 10.0 Å². The molecule has 1 fully saturated rings. The fraction of sp³-hybridized carbons (Fsp3) is 0.263. The van der Waals surface area contributed by atoms with Crippen molar-refractivity contribution in [3.8, 4) is 0 Å². The van der Waals surface area contributed by atoms with E-state index in [1.807, 2.05) is 11.1 Å². The molecule has 0 aliphatic carbocycles. The van der Waals surface area contributed by atoms with E-state index in [2.05, 4.69) is 9.97 Å². The van der Waals surface area contributed by atoms with Gasteiger partial charge >= 0.3 is 11.9 Å². The molecule has 0 bridgehead atoms. The normalized spacial score (nSPS) is 14.3. The minimum Gasteiger partial charge on any atom is -0.478 e. The van der Waals surface area contributed by atoms with Crippen molar-refractivity contribution in [3.63, 3.8) is 0 Å². The average Bonchev–Trinajstić information content (AvgIpc) is 3.20. The Bertz CT molecular complexity index is 855. The Morgan fingerprint density at radius 2 is 1.59 bits per heavy atom. The average molecular weight is 440 g/mol. The Kier molecular flexibility index (Phi) is 8.23. The minimum atomic E-state index is -1.26. The number of aromatic nitrogens is 2. The highest BCUT2D eigenvalue weighted by atomic mass is 35.5. The zero-order chi connectivity index (χ0) is 21.4. The van der Waals surface area contributed by atoms with Gasteiger partial charge in [-0.3, -0.25) is 4.79 Å². The number of piperidine rings is 1. The first kappa shape index (κ1) is 22.4. The van der Waals surface area contributed by atoms with Crippen molar-refractivity contribution in [2.24, 2.45) is 0 Å². The molecule has 10 heteroatoms. The molecule has 0 radical (unpaired) electrons. The molecular formula is C19H19Cl2N3O5. The summed E-state index contributed by atoms with van der Waals surface area (Å²) in [6, 6.07) is 4.95. The fourth-order valence-electron chi connectivity index (χ4n) is 2.88. The molecule has 1 aromatic heterocycles. The first-order valence-corrected chi connectivity index (χ1v) is 9.40. The number of hydrogen-bond acceptors (Lipinski definition) is 4. The first-order chi connectivity index (χ1) is 13.8. The van der Waals surface area contributed by atoms with Crippen molar-refractivity contribution in [1.82, 2.24) is 14.9 Å². The van der Waals surface area contributed by atoms with Gasteiger partial charge in [0.15, 0.2) is 0 Å². The number of rotatable bonds is 4. The van der Waals surface area contributed by atoms with E-state index in [1.54, 1.807) is 24.5 Å². The van der Waals surface area contributed by atoms with Gasteiger partial charge in [-0.2, -0.15) is 0 Å². The van der Waals surface area contributed by atoms with Crippen LogP contribution in [0, 0.1) is 0 Å². The van der Waals surface area contributed by atoms with Gasteiger partial charge in [-0.25, -0.2) is 14.6 Å². The van der Waals surface area contributed by atoms with Gasteiger partial charge in [0, 0.05) is 53.0 Å². The summed E-state index contributed by atoms with van der Waals surface area (Å²) in [5.74, 6) is -2.11. The van der Waals surface area contributed by atoms with Gasteiger partial charge in [0.2, 0.25) is 0 Å². The highest BCUT2D eigenvalue weighted by Gasteiger charge is 2.25. The topological polar surface area (TPSA) is 124 Å². The Balaban J connectivity index is 0.000000321. The molecule has 2 aromatic rings. The van der Waals surface area contributed by atoms with E-state index in [-0.39, 0.29) is 5.91 Å². The number of amides is 1. The highest BCUT2D eigenvalue weighted by molar-refractivity contribution is 6.35. The molecule has 1 saturated heterocycles. The third kappa shape index (κ3) is 7.24. The van der Waals surface area contributed by atoms with Gasteiger partial charge in [0.05, 0.1) is 12.0 Å². The maximum atomic E-state index is 12.5. The lowest BCUT2D eigenvalue weighted by atomic mass is 9.93. The van der Waals surface area contributed by atoms with Crippen molar-refractivity contribution < 1.29 is 24.6 Å². The van der Waals surface area contributed by atoms with Crippen molar-refractivity contribution in [1.29, 1.82) is 0 Å². The van der Waals surface area contributed by atoms with Crippen LogP contribution in [0.5, 0.6) is 0 Å². The lowest BCUT2D eigenvalue weighted by Crippen LogP contribution is -2.38. The maximum absolute atomic E-state index is 12.5. The molecule has 1 aromatic carbocycles. The number of likely N-dealkylation sites (tertiary alicyclic amines) is 1. The van der Waals surface area contributed by atoms with Gasteiger partial charge in [-0.15, -0.1) is 0 Å². The third-order valence-electron chi connectivity index (χ3n) is 4.20. The summed E-state index contributed by atoms with van der Waals surface area (Å²) in [6.07, 6.45) is 6.58. The van der Waals surface area contributed by atoms with E-state index in [1.165, 1.54) is 0 Å². The quantitative estimate of drug-likeness (QED) is 0.626. The summed E-state index contributed by atoms with van der Waals surface area (Å²) in [6.45, 7) is 1.45. The number of H-pyrrole nitrogens is 1. The summed E-state index contributed by atoms with van der Waals surface area (Å²) >= 11 is 11.9. The number of halogens is 2. The third-order valence-corrected chi connectivity index (χ3v) is 4.63. The molecule has 1 aliphatic heterocycles. The molecule has 1 aliphatic rings. The van der Waals surface area contributed by atoms with E-state index < -0.39 is 11.9 Å². The molecule has 154 valence electrons. The molecule has 3 rings (SSSR count). The molecule has 2 heterocycles. The van der Waals surface area contributed by atoms with Crippen LogP contribution in [0.3, 0.4) is 0 Å². The van der Waals surface area contributed by atoms with Gasteiger partial charge in [-0.05, 0) is 31.0 Å². The number of benzene rings is 1. The highest BCUT2D eigenvalue weighted by Crippen LogP contribution is 2.28. The van der Waals surface area contributed by atoms with E-state index in [9.17, 15) is 14.4 Å². The van der Waals surface area contributed by atoms with E-state index in [0.29, 0.717) is 33.7 Å². The number of aliphatic carboxylic acids is 2. The van der Waals surface area contributed by atoms with Crippen LogP contribution in [0.25, 0.3) is 0 Å². The van der Waals surface area contributed by atoms with E-state index >= 15 is 0 Å². The van der Waals surface area contributed by atoms with Crippen LogP contribution in [0.4, 0.5) is 0 Å². The van der Waals surface area contributed by atoms with Gasteiger partial charge in [0.1, 0.15) is 0 Å². The monoisotopic (exact) mass is 439 g/mol. The summed E-state index contributed by atoms with van der Waals surface area (Å²) in [5, 5.41) is 16.6. The molecule has 8 nitrogen and oxygen atoms in total. The summed E-state index contributed by atoms with van der Waals surface area (Å²) in [4.78, 5) is 40.7. The van der Waals surface area contributed by atoms with Crippen LogP contribution >= 0.6 is 23.2 Å². The predicted molar refractivity (Wildman–Crippen MR) is 107 cm³/mol. The van der Waals surface area contributed by atoms with Crippen molar-refractivity contribution in [3.05, 3.63) is 64.2 Å². The molecule has 0 saturated carbocycles. The SMILES string of the molecule is O=C(O)C=CC(=O)O.O=C(c1cc(Cl)cc(Cl)c1)N1CCC(c2c[nH]cn2)CC1. The second-order valence-corrected chi connectivity index (χ2v) is 7.10. The Labute approximate surface area is 176 Å². The zero-order valence-corrected chi connectivity index (χ0v) is 16.7. The van der Waals surface area contributed by atoms with Crippen molar-refractivity contribution >= 4 is 41.0 Å². The largest absolute Gasteiger partial charge is 0.478 e. The smallest absolute Gasteiger partial charge is 0.328 e. The van der Waals surface area contributed by atoms with Gasteiger partial charge in [0.25, 0.3) is 5.91 Å². The lowest BCUT2D eigenvalue weighted by molar-refractivity contribution is -0.134. The Hall–Kier alpha value is -2.84. The Morgan fingerprint density at radius 3 is 2.03 bits per heavy atom. The fourth-order valence-corrected chi connectivity index (χ4v) is 3.40. The van der Waals surface area contributed by atoms with Gasteiger partial charge in [-0.1, -0.05) is 23.2 Å². The Morgan fingerprint density at radius 1 is 1.03 bits per heavy atom. The standard InChI is InChI=1S/C15H15Cl2N3O.C4H4O4/c16-12-5-11(6-13(17)7-12)15(21)20-3-1-10(2-4-20)14-8-18-9-19-14;5-3(6)1-2-4(7)8/h5-10H,1-4H2,(H,18,19);1-2H,(H,5,6)(H,7,8). The van der Waals surface area contributed by atoms with Gasteiger partial charge < -0.3 is 20.1 Å². The van der Waals surface area contributed by atoms with Crippen LogP contribution in [0.15, 0.2) is 42.9 Å². The molecule has 0 spiro atoms. The molecule has 29 heavy (non-hydrogen) atoms.